The highest BCUT2D eigenvalue weighted by atomic mass is 35.5. The van der Waals surface area contributed by atoms with Crippen LogP contribution < -0.4 is 5.32 Å². The molecule has 1 aromatic carbocycles. The second kappa shape index (κ2) is 5.17. The van der Waals surface area contributed by atoms with Crippen molar-refractivity contribution in [3.63, 3.8) is 0 Å². The first-order valence-corrected chi connectivity index (χ1v) is 6.21. The summed E-state index contributed by atoms with van der Waals surface area (Å²) < 4.78 is 5.58. The number of benzene rings is 1. The summed E-state index contributed by atoms with van der Waals surface area (Å²) in [5, 5.41) is 4.17. The molecular weight excluding hydrogens is 222 g/mol. The van der Waals surface area contributed by atoms with Gasteiger partial charge < -0.3 is 4.74 Å². The average molecular weight is 240 g/mol. The molecule has 1 N–H and O–H groups in total. The number of nitrogens with one attached hydrogen (secondary N) is 1. The largest absolute Gasteiger partial charge is 0.353 e. The molecule has 0 amide bonds. The monoisotopic (exact) mass is 239 g/mol. The van der Waals surface area contributed by atoms with Crippen molar-refractivity contribution >= 4 is 11.6 Å². The lowest BCUT2D eigenvalue weighted by Gasteiger charge is -2.04. The van der Waals surface area contributed by atoms with E-state index in [9.17, 15) is 0 Å². The number of rotatable bonds is 5. The molecule has 1 fully saturated rings. The SMILES string of the molecule is CCC(C)C1OC1NCc1ccc(Cl)cc1. The lowest BCUT2D eigenvalue weighted by atomic mass is 10.1. The van der Waals surface area contributed by atoms with Crippen LogP contribution in [0, 0.1) is 5.92 Å². The molecule has 0 radical (unpaired) electrons. The van der Waals surface area contributed by atoms with E-state index in [0.29, 0.717) is 12.0 Å². The molecule has 1 aliphatic rings. The van der Waals surface area contributed by atoms with E-state index in [2.05, 4.69) is 19.2 Å². The molecule has 1 aliphatic heterocycles. The van der Waals surface area contributed by atoms with Gasteiger partial charge in [0.15, 0.2) is 0 Å². The molecule has 0 aliphatic carbocycles. The van der Waals surface area contributed by atoms with Gasteiger partial charge in [0.25, 0.3) is 0 Å². The number of halogens is 1. The van der Waals surface area contributed by atoms with Crippen molar-refractivity contribution in [2.45, 2.75) is 39.1 Å². The van der Waals surface area contributed by atoms with Crippen molar-refractivity contribution in [2.75, 3.05) is 0 Å². The molecule has 0 spiro atoms. The van der Waals surface area contributed by atoms with Crippen LogP contribution in [0.3, 0.4) is 0 Å². The van der Waals surface area contributed by atoms with Crippen molar-refractivity contribution < 1.29 is 4.74 Å². The van der Waals surface area contributed by atoms with Crippen molar-refractivity contribution in [3.05, 3.63) is 34.9 Å². The first-order chi connectivity index (χ1) is 7.70. The highest BCUT2D eigenvalue weighted by Gasteiger charge is 2.41. The van der Waals surface area contributed by atoms with E-state index in [1.54, 1.807) is 0 Å². The standard InChI is InChI=1S/C13H18ClNO/c1-3-9(2)12-13(16-12)15-8-10-4-6-11(14)7-5-10/h4-7,9,12-13,15H,3,8H2,1-2H3. The smallest absolute Gasteiger partial charge is 0.135 e. The van der Waals surface area contributed by atoms with Gasteiger partial charge in [-0.15, -0.1) is 0 Å². The summed E-state index contributed by atoms with van der Waals surface area (Å²) in [5.41, 5.74) is 1.24. The van der Waals surface area contributed by atoms with Crippen LogP contribution in [0.5, 0.6) is 0 Å². The molecule has 88 valence electrons. The minimum atomic E-state index is 0.241. The Kier molecular flexibility index (Phi) is 3.85. The molecule has 0 saturated carbocycles. The van der Waals surface area contributed by atoms with Gasteiger partial charge in [0.1, 0.15) is 12.3 Å². The van der Waals surface area contributed by atoms with E-state index in [1.165, 1.54) is 12.0 Å². The zero-order chi connectivity index (χ0) is 11.5. The molecule has 2 nitrogen and oxygen atoms in total. The molecule has 3 atom stereocenters. The first-order valence-electron chi connectivity index (χ1n) is 5.84. The average Bonchev–Trinajstić information content (AvgIpc) is 3.07. The Morgan fingerprint density at radius 2 is 2.06 bits per heavy atom. The van der Waals surface area contributed by atoms with Crippen LogP contribution in [-0.2, 0) is 11.3 Å². The van der Waals surface area contributed by atoms with Crippen molar-refractivity contribution in [1.82, 2.24) is 5.32 Å². The third-order valence-electron chi connectivity index (χ3n) is 3.15. The summed E-state index contributed by atoms with van der Waals surface area (Å²) in [5.74, 6) is 0.641. The van der Waals surface area contributed by atoms with Crippen molar-refractivity contribution in [1.29, 1.82) is 0 Å². The van der Waals surface area contributed by atoms with Gasteiger partial charge in [-0.1, -0.05) is 44.0 Å². The van der Waals surface area contributed by atoms with E-state index in [-0.39, 0.29) is 6.23 Å². The first kappa shape index (κ1) is 11.9. The molecule has 3 heteroatoms. The molecule has 1 heterocycles. The molecule has 1 saturated heterocycles. The molecule has 1 aromatic rings. The molecule has 0 bridgehead atoms. The number of ether oxygens (including phenoxy) is 1. The quantitative estimate of drug-likeness (QED) is 0.799. The van der Waals surface area contributed by atoms with E-state index in [0.717, 1.165) is 11.6 Å². The van der Waals surface area contributed by atoms with Crippen LogP contribution in [0.25, 0.3) is 0 Å². The van der Waals surface area contributed by atoms with Gasteiger partial charge in [-0.05, 0) is 23.6 Å². The predicted octanol–water partition coefficient (Wildman–Crippen LogP) is 3.20. The third-order valence-corrected chi connectivity index (χ3v) is 3.40. The second-order valence-electron chi connectivity index (χ2n) is 4.41. The Morgan fingerprint density at radius 1 is 1.38 bits per heavy atom. The van der Waals surface area contributed by atoms with Gasteiger partial charge in [-0.3, -0.25) is 5.32 Å². The molecular formula is C13H18ClNO. The number of hydrogen-bond donors (Lipinski definition) is 1. The summed E-state index contributed by atoms with van der Waals surface area (Å²) >= 11 is 5.83. The Hall–Kier alpha value is -0.570. The normalized spacial score (nSPS) is 25.4. The predicted molar refractivity (Wildman–Crippen MR) is 66.4 cm³/mol. The molecule has 0 aromatic heterocycles. The lowest BCUT2D eigenvalue weighted by molar-refractivity contribution is 0.309. The zero-order valence-electron chi connectivity index (χ0n) is 9.74. The Morgan fingerprint density at radius 3 is 2.69 bits per heavy atom. The Balaban J connectivity index is 1.75. The summed E-state index contributed by atoms with van der Waals surface area (Å²) in [6.45, 7) is 5.27. The summed E-state index contributed by atoms with van der Waals surface area (Å²) in [4.78, 5) is 0. The van der Waals surface area contributed by atoms with Crippen LogP contribution >= 0.6 is 11.6 Å². The fraction of sp³-hybridized carbons (Fsp3) is 0.538. The molecule has 3 unspecified atom stereocenters. The maximum Gasteiger partial charge on any atom is 0.135 e. The van der Waals surface area contributed by atoms with Gasteiger partial charge in [-0.25, -0.2) is 0 Å². The minimum absolute atomic E-state index is 0.241. The van der Waals surface area contributed by atoms with Crippen molar-refractivity contribution in [2.24, 2.45) is 5.92 Å². The zero-order valence-corrected chi connectivity index (χ0v) is 10.5. The van der Waals surface area contributed by atoms with Gasteiger partial charge in [0.2, 0.25) is 0 Å². The van der Waals surface area contributed by atoms with Crippen LogP contribution in [0.15, 0.2) is 24.3 Å². The third kappa shape index (κ3) is 2.97. The van der Waals surface area contributed by atoms with Gasteiger partial charge in [0.05, 0.1) is 0 Å². The number of epoxide rings is 1. The van der Waals surface area contributed by atoms with Gasteiger partial charge >= 0.3 is 0 Å². The lowest BCUT2D eigenvalue weighted by Crippen LogP contribution is -2.21. The van der Waals surface area contributed by atoms with Gasteiger partial charge in [0, 0.05) is 11.6 Å². The van der Waals surface area contributed by atoms with Crippen LogP contribution in [0.4, 0.5) is 0 Å². The van der Waals surface area contributed by atoms with E-state index < -0.39 is 0 Å². The minimum Gasteiger partial charge on any atom is -0.353 e. The summed E-state index contributed by atoms with van der Waals surface area (Å²) in [6.07, 6.45) is 1.81. The van der Waals surface area contributed by atoms with E-state index >= 15 is 0 Å². The fourth-order valence-corrected chi connectivity index (χ4v) is 1.90. The van der Waals surface area contributed by atoms with Crippen LogP contribution in [0.1, 0.15) is 25.8 Å². The molecule has 2 rings (SSSR count). The van der Waals surface area contributed by atoms with Crippen LogP contribution in [-0.4, -0.2) is 12.3 Å². The maximum atomic E-state index is 5.83. The highest BCUT2D eigenvalue weighted by Crippen LogP contribution is 2.29. The van der Waals surface area contributed by atoms with E-state index in [1.807, 2.05) is 24.3 Å². The van der Waals surface area contributed by atoms with E-state index in [4.69, 9.17) is 16.3 Å². The maximum absolute atomic E-state index is 5.83. The van der Waals surface area contributed by atoms with Crippen LogP contribution in [0.2, 0.25) is 5.02 Å². The molecule has 16 heavy (non-hydrogen) atoms. The highest BCUT2D eigenvalue weighted by molar-refractivity contribution is 6.30. The Labute approximate surface area is 102 Å². The topological polar surface area (TPSA) is 24.6 Å². The van der Waals surface area contributed by atoms with Gasteiger partial charge in [-0.2, -0.15) is 0 Å². The fourth-order valence-electron chi connectivity index (χ4n) is 1.77. The summed E-state index contributed by atoms with van der Waals surface area (Å²) in [7, 11) is 0. The Bertz CT molecular complexity index is 338. The number of hydrogen-bond acceptors (Lipinski definition) is 2. The summed E-state index contributed by atoms with van der Waals surface area (Å²) in [6, 6.07) is 7.91. The second-order valence-corrected chi connectivity index (χ2v) is 4.85. The van der Waals surface area contributed by atoms with Crippen molar-refractivity contribution in [3.8, 4) is 0 Å².